The number of nitrogens with one attached hydrogen (secondary N) is 1. The van der Waals surface area contributed by atoms with Crippen LogP contribution in [0.4, 0.5) is 0 Å². The average Bonchev–Trinajstić information content (AvgIpc) is 3.57. The van der Waals surface area contributed by atoms with Gasteiger partial charge in [-0.25, -0.2) is 4.68 Å². The number of quaternary nitrogens is 1. The first-order valence-corrected chi connectivity index (χ1v) is 12.3. The van der Waals surface area contributed by atoms with Gasteiger partial charge in [-0.1, -0.05) is 24.0 Å². The lowest BCUT2D eigenvalue weighted by atomic mass is 9.99. The van der Waals surface area contributed by atoms with Gasteiger partial charge < -0.3 is 24.1 Å². The Morgan fingerprint density at radius 2 is 1.86 bits per heavy atom. The third-order valence-electron chi connectivity index (χ3n) is 6.94. The Morgan fingerprint density at radius 1 is 1.11 bits per heavy atom. The van der Waals surface area contributed by atoms with Gasteiger partial charge in [0.1, 0.15) is 30.7 Å². The molecule has 2 aliphatic rings. The van der Waals surface area contributed by atoms with E-state index in [1.165, 1.54) is 16.0 Å². The van der Waals surface area contributed by atoms with E-state index in [9.17, 15) is 14.7 Å². The van der Waals surface area contributed by atoms with E-state index in [0.29, 0.717) is 35.7 Å². The van der Waals surface area contributed by atoms with Gasteiger partial charge in [0, 0.05) is 29.8 Å². The summed E-state index contributed by atoms with van der Waals surface area (Å²) in [5.41, 5.74) is 1.62. The van der Waals surface area contributed by atoms with E-state index in [1.807, 2.05) is 30.3 Å². The summed E-state index contributed by atoms with van der Waals surface area (Å²) >= 11 is 0. The minimum absolute atomic E-state index is 0.0798. The number of ketones is 1. The van der Waals surface area contributed by atoms with Gasteiger partial charge in [0.15, 0.2) is 0 Å². The number of hydrogen-bond donors (Lipinski definition) is 1. The number of likely N-dealkylation sites (tertiary alicyclic amines) is 1. The lowest BCUT2D eigenvalue weighted by Gasteiger charge is -2.27. The molecule has 0 aliphatic carbocycles. The van der Waals surface area contributed by atoms with Crippen LogP contribution in [0.1, 0.15) is 35.2 Å². The quantitative estimate of drug-likeness (QED) is 0.296. The molecule has 188 valence electrons. The maximum atomic E-state index is 13.8. The standard InChI is InChI=1S/C27H30N4O5/c1-18-9-10-22(36-18)24-23(25(32)21-17-28-31(19(21)2)20-7-4-3-5-8-20)26(33)27(34)30(24)12-6-11-29-13-15-35-16-14-29/h3-5,7-10,17,24,32H,6,11-16H2,1-2H3/b25-23+. The monoisotopic (exact) mass is 490 g/mol. The molecule has 1 unspecified atom stereocenters. The summed E-state index contributed by atoms with van der Waals surface area (Å²) in [7, 11) is 0. The van der Waals surface area contributed by atoms with Crippen molar-refractivity contribution in [1.82, 2.24) is 14.7 Å². The van der Waals surface area contributed by atoms with Crippen molar-refractivity contribution in [3.8, 4) is 5.69 Å². The summed E-state index contributed by atoms with van der Waals surface area (Å²) < 4.78 is 12.9. The molecule has 0 spiro atoms. The van der Waals surface area contributed by atoms with Gasteiger partial charge in [0.05, 0.1) is 31.6 Å². The van der Waals surface area contributed by atoms with Gasteiger partial charge >= 0.3 is 0 Å². The molecule has 3 aromatic rings. The zero-order chi connectivity index (χ0) is 25.2. The Bertz CT molecular complexity index is 1290. The van der Waals surface area contributed by atoms with Crippen molar-refractivity contribution in [3.63, 3.8) is 0 Å². The largest absolute Gasteiger partial charge is 0.872 e. The number of aryl methyl sites for hydroxylation is 1. The van der Waals surface area contributed by atoms with E-state index in [-0.39, 0.29) is 5.57 Å². The molecule has 4 heterocycles. The number of furan rings is 1. The molecular weight excluding hydrogens is 460 g/mol. The highest BCUT2D eigenvalue weighted by Crippen LogP contribution is 2.39. The van der Waals surface area contributed by atoms with Crippen LogP contribution in [-0.4, -0.2) is 65.8 Å². The molecule has 0 bridgehead atoms. The summed E-state index contributed by atoms with van der Waals surface area (Å²) in [6.07, 6.45) is 2.17. The molecular formula is C27H30N4O5. The third kappa shape index (κ3) is 4.47. The maximum absolute atomic E-state index is 13.8. The van der Waals surface area contributed by atoms with Crippen LogP contribution in [0.5, 0.6) is 0 Å². The number of carbonyl (C=O) groups is 2. The second-order valence-corrected chi connectivity index (χ2v) is 9.28. The number of benzene rings is 1. The average molecular weight is 491 g/mol. The van der Waals surface area contributed by atoms with Crippen molar-refractivity contribution < 1.29 is 28.7 Å². The SMILES string of the molecule is Cc1ccc(C2/C(=C(\[O-])c3cnn(-c4ccccc4)c3C)C(=O)C(=O)N2CCC[NH+]2CCOCC2)o1. The van der Waals surface area contributed by atoms with Gasteiger partial charge in [-0.05, 0) is 38.1 Å². The van der Waals surface area contributed by atoms with E-state index in [0.717, 1.165) is 38.5 Å². The summed E-state index contributed by atoms with van der Waals surface area (Å²) in [5, 5.41) is 18.2. The molecule has 0 radical (unpaired) electrons. The predicted molar refractivity (Wildman–Crippen MR) is 129 cm³/mol. The van der Waals surface area contributed by atoms with Crippen LogP contribution >= 0.6 is 0 Å². The Hall–Kier alpha value is -3.69. The van der Waals surface area contributed by atoms with E-state index in [2.05, 4.69) is 5.10 Å². The van der Waals surface area contributed by atoms with Crippen molar-refractivity contribution >= 4 is 17.4 Å². The molecule has 1 amide bonds. The number of carbonyl (C=O) groups excluding carboxylic acids is 2. The van der Waals surface area contributed by atoms with Crippen LogP contribution in [0, 0.1) is 13.8 Å². The van der Waals surface area contributed by atoms with E-state index in [4.69, 9.17) is 9.15 Å². The van der Waals surface area contributed by atoms with Gasteiger partial charge in [0.25, 0.3) is 5.91 Å². The molecule has 9 heteroatoms. The minimum atomic E-state index is -0.856. The van der Waals surface area contributed by atoms with E-state index in [1.54, 1.807) is 30.7 Å². The van der Waals surface area contributed by atoms with Crippen molar-refractivity contribution in [2.75, 3.05) is 39.4 Å². The number of aromatic nitrogens is 2. The fourth-order valence-corrected chi connectivity index (χ4v) is 5.01. The summed E-state index contributed by atoms with van der Waals surface area (Å²) in [6, 6.07) is 12.1. The van der Waals surface area contributed by atoms with Crippen molar-refractivity contribution in [3.05, 3.63) is 77.0 Å². The molecule has 2 saturated heterocycles. The highest BCUT2D eigenvalue weighted by Gasteiger charge is 2.45. The number of para-hydroxylation sites is 1. The van der Waals surface area contributed by atoms with Crippen molar-refractivity contribution in [2.45, 2.75) is 26.3 Å². The molecule has 2 aliphatic heterocycles. The Balaban J connectivity index is 1.49. The number of amides is 1. The molecule has 1 N–H and O–H groups in total. The van der Waals surface area contributed by atoms with E-state index < -0.39 is 23.5 Å². The Labute approximate surface area is 209 Å². The normalized spacial score (nSPS) is 20.4. The number of nitrogens with zero attached hydrogens (tertiary/aromatic N) is 3. The van der Waals surface area contributed by atoms with Gasteiger partial charge in [-0.15, -0.1) is 0 Å². The van der Waals surface area contributed by atoms with Crippen LogP contribution in [-0.2, 0) is 14.3 Å². The topological polar surface area (TPSA) is 105 Å². The Morgan fingerprint density at radius 3 is 2.56 bits per heavy atom. The van der Waals surface area contributed by atoms with Crippen LogP contribution in [0.3, 0.4) is 0 Å². The van der Waals surface area contributed by atoms with Gasteiger partial charge in [-0.3, -0.25) is 9.59 Å². The van der Waals surface area contributed by atoms with Crippen molar-refractivity contribution in [1.29, 1.82) is 0 Å². The number of morpholine rings is 1. The fraction of sp³-hybridized carbons (Fsp3) is 0.370. The molecule has 5 rings (SSSR count). The first-order valence-electron chi connectivity index (χ1n) is 12.3. The smallest absolute Gasteiger partial charge is 0.295 e. The van der Waals surface area contributed by atoms with Crippen molar-refractivity contribution in [2.24, 2.45) is 0 Å². The van der Waals surface area contributed by atoms with E-state index >= 15 is 0 Å². The van der Waals surface area contributed by atoms with Crippen LogP contribution in [0.25, 0.3) is 11.4 Å². The fourth-order valence-electron chi connectivity index (χ4n) is 5.01. The van der Waals surface area contributed by atoms with Crippen LogP contribution < -0.4 is 10.0 Å². The van der Waals surface area contributed by atoms with Gasteiger partial charge in [0.2, 0.25) is 5.78 Å². The zero-order valence-electron chi connectivity index (χ0n) is 20.5. The molecule has 0 saturated carbocycles. The van der Waals surface area contributed by atoms with Crippen LogP contribution in [0.2, 0.25) is 0 Å². The van der Waals surface area contributed by atoms with Crippen LogP contribution in [0.15, 0.2) is 58.7 Å². The molecule has 1 aromatic carbocycles. The minimum Gasteiger partial charge on any atom is -0.872 e. The lowest BCUT2D eigenvalue weighted by Crippen LogP contribution is -3.14. The second-order valence-electron chi connectivity index (χ2n) is 9.28. The first kappa shape index (κ1) is 24.0. The predicted octanol–water partition coefficient (Wildman–Crippen LogP) is 0.611. The highest BCUT2D eigenvalue weighted by atomic mass is 16.5. The number of Topliss-reactive ketones (excluding diaryl/α,β-unsaturated/α-hetero) is 1. The molecule has 2 aromatic heterocycles. The zero-order valence-corrected chi connectivity index (χ0v) is 20.5. The first-order chi connectivity index (χ1) is 17.5. The summed E-state index contributed by atoms with van der Waals surface area (Å²) in [5.74, 6) is -0.864. The molecule has 9 nitrogen and oxygen atoms in total. The number of ether oxygens (including phenoxy) is 1. The summed E-state index contributed by atoms with van der Waals surface area (Å²) in [4.78, 5) is 29.3. The summed E-state index contributed by atoms with van der Waals surface area (Å²) in [6.45, 7) is 8.10. The molecule has 36 heavy (non-hydrogen) atoms. The third-order valence-corrected chi connectivity index (χ3v) is 6.94. The Kier molecular flexibility index (Phi) is 6.75. The number of hydrogen-bond acceptors (Lipinski definition) is 6. The highest BCUT2D eigenvalue weighted by molar-refractivity contribution is 6.46. The number of rotatable bonds is 7. The molecule has 2 fully saturated rings. The maximum Gasteiger partial charge on any atom is 0.295 e. The molecule has 1 atom stereocenters. The lowest BCUT2D eigenvalue weighted by molar-refractivity contribution is -0.908. The second kappa shape index (κ2) is 10.1. The van der Waals surface area contributed by atoms with Gasteiger partial charge in [-0.2, -0.15) is 5.10 Å².